The van der Waals surface area contributed by atoms with Crippen molar-refractivity contribution in [2.24, 2.45) is 0 Å². The predicted molar refractivity (Wildman–Crippen MR) is 74.9 cm³/mol. The van der Waals surface area contributed by atoms with Crippen LogP contribution < -0.4 is 5.32 Å². The Morgan fingerprint density at radius 3 is 2.37 bits per heavy atom. The summed E-state index contributed by atoms with van der Waals surface area (Å²) in [7, 11) is 0. The van der Waals surface area contributed by atoms with Gasteiger partial charge in [0.1, 0.15) is 0 Å². The van der Waals surface area contributed by atoms with Gasteiger partial charge in [0.15, 0.2) is 0 Å². The maximum absolute atomic E-state index is 11.8. The molecule has 4 nitrogen and oxygen atoms in total. The molecule has 0 aliphatic heterocycles. The molecule has 1 aromatic heterocycles. The van der Waals surface area contributed by atoms with Gasteiger partial charge in [-0.15, -0.1) is 0 Å². The standard InChI is InChI=1S/C15H17N3O/c1-11(2)13-6-4-12(5-7-13)10-14(19)18-15-16-8-3-9-17-15/h3-9,11H,10H2,1-2H3,(H,16,17,18,19). The number of nitrogens with one attached hydrogen (secondary N) is 1. The van der Waals surface area contributed by atoms with Crippen LogP contribution in [0.1, 0.15) is 30.9 Å². The first-order valence-electron chi connectivity index (χ1n) is 6.31. The Morgan fingerprint density at radius 2 is 1.79 bits per heavy atom. The van der Waals surface area contributed by atoms with E-state index in [-0.39, 0.29) is 5.91 Å². The summed E-state index contributed by atoms with van der Waals surface area (Å²) < 4.78 is 0. The van der Waals surface area contributed by atoms with Crippen LogP contribution in [0.2, 0.25) is 0 Å². The largest absolute Gasteiger partial charge is 0.294 e. The zero-order valence-electron chi connectivity index (χ0n) is 11.1. The van der Waals surface area contributed by atoms with Crippen molar-refractivity contribution in [2.45, 2.75) is 26.2 Å². The summed E-state index contributed by atoms with van der Waals surface area (Å²) >= 11 is 0. The summed E-state index contributed by atoms with van der Waals surface area (Å²) in [6, 6.07) is 9.81. The van der Waals surface area contributed by atoms with Gasteiger partial charge in [0.05, 0.1) is 6.42 Å². The topological polar surface area (TPSA) is 54.9 Å². The minimum absolute atomic E-state index is 0.108. The van der Waals surface area contributed by atoms with Crippen LogP contribution in [0.25, 0.3) is 0 Å². The van der Waals surface area contributed by atoms with E-state index in [4.69, 9.17) is 0 Å². The quantitative estimate of drug-likeness (QED) is 0.914. The SMILES string of the molecule is CC(C)c1ccc(CC(=O)Nc2ncccn2)cc1. The second kappa shape index (κ2) is 6.09. The Kier molecular flexibility index (Phi) is 4.23. The number of carbonyl (C=O) groups is 1. The second-order valence-corrected chi connectivity index (χ2v) is 4.69. The molecule has 1 amide bonds. The number of carbonyl (C=O) groups excluding carboxylic acids is 1. The Balaban J connectivity index is 1.95. The summed E-state index contributed by atoms with van der Waals surface area (Å²) in [6.07, 6.45) is 3.52. The molecule has 0 aliphatic carbocycles. The highest BCUT2D eigenvalue weighted by atomic mass is 16.1. The molecule has 19 heavy (non-hydrogen) atoms. The van der Waals surface area contributed by atoms with Gasteiger partial charge in [-0.3, -0.25) is 10.1 Å². The van der Waals surface area contributed by atoms with Crippen LogP contribution in [-0.4, -0.2) is 15.9 Å². The molecule has 0 unspecified atom stereocenters. The first kappa shape index (κ1) is 13.2. The number of aromatic nitrogens is 2. The summed E-state index contributed by atoms with van der Waals surface area (Å²) in [5, 5.41) is 2.67. The van der Waals surface area contributed by atoms with Gasteiger partial charge in [0.25, 0.3) is 0 Å². The first-order chi connectivity index (χ1) is 9.15. The molecule has 0 fully saturated rings. The van der Waals surface area contributed by atoms with Gasteiger partial charge >= 0.3 is 0 Å². The average molecular weight is 255 g/mol. The fraction of sp³-hybridized carbons (Fsp3) is 0.267. The first-order valence-corrected chi connectivity index (χ1v) is 6.31. The molecule has 0 saturated carbocycles. The van der Waals surface area contributed by atoms with Crippen molar-refractivity contribution in [1.29, 1.82) is 0 Å². The van der Waals surface area contributed by atoms with Crippen molar-refractivity contribution in [2.75, 3.05) is 5.32 Å². The van der Waals surface area contributed by atoms with Crippen molar-refractivity contribution in [3.05, 3.63) is 53.9 Å². The van der Waals surface area contributed by atoms with Gasteiger partial charge < -0.3 is 0 Å². The molecule has 0 atom stereocenters. The Labute approximate surface area is 112 Å². The fourth-order valence-electron chi connectivity index (χ4n) is 1.74. The highest BCUT2D eigenvalue weighted by molar-refractivity contribution is 5.90. The lowest BCUT2D eigenvalue weighted by Gasteiger charge is -2.07. The zero-order chi connectivity index (χ0) is 13.7. The number of anilines is 1. The maximum Gasteiger partial charge on any atom is 0.231 e. The number of rotatable bonds is 4. The van der Waals surface area contributed by atoms with Crippen LogP contribution in [0.15, 0.2) is 42.7 Å². The van der Waals surface area contributed by atoms with E-state index in [9.17, 15) is 4.79 Å². The normalized spacial score (nSPS) is 10.5. The van der Waals surface area contributed by atoms with E-state index in [0.717, 1.165) is 5.56 Å². The number of nitrogens with zero attached hydrogens (tertiary/aromatic N) is 2. The summed E-state index contributed by atoms with van der Waals surface area (Å²) in [4.78, 5) is 19.7. The second-order valence-electron chi connectivity index (χ2n) is 4.69. The van der Waals surface area contributed by atoms with Crippen LogP contribution in [0.3, 0.4) is 0 Å². The van der Waals surface area contributed by atoms with Crippen molar-refractivity contribution in [1.82, 2.24) is 9.97 Å². The van der Waals surface area contributed by atoms with E-state index < -0.39 is 0 Å². The van der Waals surface area contributed by atoms with Crippen LogP contribution in [0, 0.1) is 0 Å². The Hall–Kier alpha value is -2.23. The van der Waals surface area contributed by atoms with Crippen LogP contribution in [0.4, 0.5) is 5.95 Å². The predicted octanol–water partition coefficient (Wildman–Crippen LogP) is 2.78. The highest BCUT2D eigenvalue weighted by Gasteiger charge is 2.06. The molecule has 1 N–H and O–H groups in total. The van der Waals surface area contributed by atoms with Gasteiger partial charge in [-0.1, -0.05) is 38.1 Å². The summed E-state index contributed by atoms with van der Waals surface area (Å²) in [6.45, 7) is 4.29. The summed E-state index contributed by atoms with van der Waals surface area (Å²) in [5.74, 6) is 0.732. The fourth-order valence-corrected chi connectivity index (χ4v) is 1.74. The van der Waals surface area contributed by atoms with Crippen LogP contribution in [0.5, 0.6) is 0 Å². The van der Waals surface area contributed by atoms with E-state index >= 15 is 0 Å². The minimum atomic E-state index is -0.108. The molecule has 0 radical (unpaired) electrons. The van der Waals surface area contributed by atoms with Crippen LogP contribution in [-0.2, 0) is 11.2 Å². The summed E-state index contributed by atoms with van der Waals surface area (Å²) in [5.41, 5.74) is 2.26. The van der Waals surface area contributed by atoms with E-state index in [2.05, 4.69) is 41.3 Å². The number of hydrogen-bond donors (Lipinski definition) is 1. The molecule has 0 aliphatic rings. The number of hydrogen-bond acceptors (Lipinski definition) is 3. The van der Waals surface area contributed by atoms with Gasteiger partial charge in [-0.25, -0.2) is 9.97 Å². The molecule has 0 spiro atoms. The maximum atomic E-state index is 11.8. The Morgan fingerprint density at radius 1 is 1.16 bits per heavy atom. The van der Waals surface area contributed by atoms with Gasteiger partial charge in [0.2, 0.25) is 11.9 Å². The van der Waals surface area contributed by atoms with Gasteiger partial charge in [0, 0.05) is 12.4 Å². The lowest BCUT2D eigenvalue weighted by atomic mass is 10.0. The third-order valence-electron chi connectivity index (χ3n) is 2.83. The van der Waals surface area contributed by atoms with E-state index in [1.54, 1.807) is 18.5 Å². The van der Waals surface area contributed by atoms with Crippen LogP contribution >= 0.6 is 0 Å². The van der Waals surface area contributed by atoms with E-state index in [1.165, 1.54) is 5.56 Å². The smallest absolute Gasteiger partial charge is 0.231 e. The lowest BCUT2D eigenvalue weighted by molar-refractivity contribution is -0.115. The van der Waals surface area contributed by atoms with Crippen molar-refractivity contribution in [3.8, 4) is 0 Å². The number of amides is 1. The molecule has 4 heteroatoms. The molecular weight excluding hydrogens is 238 g/mol. The van der Waals surface area contributed by atoms with Gasteiger partial charge in [-0.2, -0.15) is 0 Å². The number of benzene rings is 1. The average Bonchev–Trinajstić information content (AvgIpc) is 2.40. The molecular formula is C15H17N3O. The molecule has 1 heterocycles. The third kappa shape index (κ3) is 3.88. The molecule has 2 rings (SSSR count). The molecule has 0 bridgehead atoms. The molecule has 1 aromatic carbocycles. The molecule has 0 saturated heterocycles. The third-order valence-corrected chi connectivity index (χ3v) is 2.83. The van der Waals surface area contributed by atoms with Gasteiger partial charge in [-0.05, 0) is 23.1 Å². The zero-order valence-corrected chi connectivity index (χ0v) is 11.1. The molecule has 98 valence electrons. The van der Waals surface area contributed by atoms with E-state index in [1.807, 2.05) is 12.1 Å². The lowest BCUT2D eigenvalue weighted by Crippen LogP contribution is -2.16. The highest BCUT2D eigenvalue weighted by Crippen LogP contribution is 2.15. The monoisotopic (exact) mass is 255 g/mol. The minimum Gasteiger partial charge on any atom is -0.294 e. The molecule has 2 aromatic rings. The van der Waals surface area contributed by atoms with Crippen molar-refractivity contribution in [3.63, 3.8) is 0 Å². The van der Waals surface area contributed by atoms with Crippen molar-refractivity contribution >= 4 is 11.9 Å². The Bertz CT molecular complexity index is 535. The van der Waals surface area contributed by atoms with Crippen molar-refractivity contribution < 1.29 is 4.79 Å². The van der Waals surface area contributed by atoms with E-state index in [0.29, 0.717) is 18.3 Å².